The summed E-state index contributed by atoms with van der Waals surface area (Å²) in [6.07, 6.45) is 12.9. The molecule has 0 fully saturated rings. The quantitative estimate of drug-likeness (QED) is 0.206. The highest BCUT2D eigenvalue weighted by molar-refractivity contribution is 6.05. The van der Waals surface area contributed by atoms with Gasteiger partial charge in [0.25, 0.3) is 0 Å². The zero-order valence-electron chi connectivity index (χ0n) is 15.1. The highest BCUT2D eigenvalue weighted by Gasteiger charge is 2.27. The van der Waals surface area contributed by atoms with E-state index >= 15 is 0 Å². The van der Waals surface area contributed by atoms with E-state index in [0.29, 0.717) is 12.0 Å². The first kappa shape index (κ1) is 21.7. The molecule has 0 unspecified atom stereocenters. The van der Waals surface area contributed by atoms with Gasteiger partial charge in [-0.1, -0.05) is 45.6 Å². The van der Waals surface area contributed by atoms with Gasteiger partial charge >= 0.3 is 0 Å². The minimum Gasteiger partial charge on any atom is -0.350 e. The van der Waals surface area contributed by atoms with Crippen LogP contribution in [0, 0.1) is 0 Å². The van der Waals surface area contributed by atoms with Gasteiger partial charge in [-0.25, -0.2) is 0 Å². The lowest BCUT2D eigenvalue weighted by Gasteiger charge is -2.28. The van der Waals surface area contributed by atoms with E-state index in [4.69, 9.17) is 9.47 Å². The van der Waals surface area contributed by atoms with Crippen LogP contribution in [0.1, 0.15) is 65.2 Å². The van der Waals surface area contributed by atoms with Crippen LogP contribution in [0.2, 0.25) is 0 Å². The van der Waals surface area contributed by atoms with Gasteiger partial charge in [0, 0.05) is 32.6 Å². The molecule has 0 aromatic heterocycles. The van der Waals surface area contributed by atoms with E-state index in [1.54, 1.807) is 26.4 Å². The van der Waals surface area contributed by atoms with Crippen LogP contribution in [0.3, 0.4) is 0 Å². The van der Waals surface area contributed by atoms with Crippen LogP contribution in [0.15, 0.2) is 23.8 Å². The number of hydrogen-bond acceptors (Lipinski definition) is 4. The van der Waals surface area contributed by atoms with Gasteiger partial charge in [-0.05, 0) is 25.0 Å². The number of carbonyl (C=O) groups excluding carboxylic acids is 2. The predicted molar refractivity (Wildman–Crippen MR) is 93.3 cm³/mol. The molecule has 0 aliphatic carbocycles. The minimum absolute atomic E-state index is 0.0667. The summed E-state index contributed by atoms with van der Waals surface area (Å²) in [6, 6.07) is 0. The Hall–Kier alpha value is -1.26. The second-order valence-electron chi connectivity index (χ2n) is 5.63. The fourth-order valence-electron chi connectivity index (χ4n) is 2.40. The summed E-state index contributed by atoms with van der Waals surface area (Å²) in [4.78, 5) is 23.2. The average Bonchev–Trinajstić information content (AvgIpc) is 2.56. The molecule has 0 saturated carbocycles. The zero-order chi connectivity index (χ0) is 17.6. The normalized spacial score (nSPS) is 12.8. The molecular formula is C19H32O4. The zero-order valence-corrected chi connectivity index (χ0v) is 15.1. The van der Waals surface area contributed by atoms with Gasteiger partial charge in [-0.2, -0.15) is 0 Å². The molecule has 0 N–H and O–H groups in total. The SMILES string of the molecule is CCCCCCC=CC(=O)C(=CC(CCC)(OC)OC)CC=O. The Balaban J connectivity index is 4.92. The number of methoxy groups -OCH3 is 2. The van der Waals surface area contributed by atoms with Crippen molar-refractivity contribution in [3.63, 3.8) is 0 Å². The summed E-state index contributed by atoms with van der Waals surface area (Å²) in [5.74, 6) is -1.10. The topological polar surface area (TPSA) is 52.6 Å². The number of allylic oxidation sites excluding steroid dienone is 3. The molecule has 0 aliphatic rings. The van der Waals surface area contributed by atoms with Gasteiger partial charge in [0.2, 0.25) is 0 Å². The van der Waals surface area contributed by atoms with Crippen molar-refractivity contribution in [3.8, 4) is 0 Å². The second-order valence-corrected chi connectivity index (χ2v) is 5.63. The first-order valence-electron chi connectivity index (χ1n) is 8.55. The molecule has 0 radical (unpaired) electrons. The Kier molecular flexibility index (Phi) is 12.5. The molecule has 23 heavy (non-hydrogen) atoms. The molecule has 0 spiro atoms. The highest BCUT2D eigenvalue weighted by atomic mass is 16.7. The number of ether oxygens (including phenoxy) is 2. The lowest BCUT2D eigenvalue weighted by molar-refractivity contribution is -0.174. The predicted octanol–water partition coefficient (Wildman–Crippen LogP) is 4.39. The van der Waals surface area contributed by atoms with Crippen LogP contribution in [-0.2, 0) is 19.1 Å². The lowest BCUT2D eigenvalue weighted by atomic mass is 10.0. The Morgan fingerprint density at radius 1 is 1.04 bits per heavy atom. The summed E-state index contributed by atoms with van der Waals surface area (Å²) in [7, 11) is 3.09. The molecule has 0 aliphatic heterocycles. The van der Waals surface area contributed by atoms with E-state index in [-0.39, 0.29) is 12.2 Å². The highest BCUT2D eigenvalue weighted by Crippen LogP contribution is 2.23. The van der Waals surface area contributed by atoms with Gasteiger partial charge in [0.05, 0.1) is 0 Å². The molecule has 0 rings (SSSR count). The van der Waals surface area contributed by atoms with Crippen LogP contribution in [0.4, 0.5) is 0 Å². The maximum absolute atomic E-state index is 12.3. The van der Waals surface area contributed by atoms with Crippen LogP contribution in [0.5, 0.6) is 0 Å². The molecule has 0 bridgehead atoms. The van der Waals surface area contributed by atoms with E-state index in [1.807, 2.05) is 13.0 Å². The third kappa shape index (κ3) is 8.82. The monoisotopic (exact) mass is 324 g/mol. The second kappa shape index (κ2) is 13.2. The van der Waals surface area contributed by atoms with E-state index in [2.05, 4.69) is 6.92 Å². The molecule has 132 valence electrons. The van der Waals surface area contributed by atoms with Crippen molar-refractivity contribution in [2.24, 2.45) is 0 Å². The number of aldehydes is 1. The summed E-state index contributed by atoms with van der Waals surface area (Å²) >= 11 is 0. The van der Waals surface area contributed by atoms with Gasteiger partial charge in [-0.15, -0.1) is 0 Å². The van der Waals surface area contributed by atoms with Crippen LogP contribution < -0.4 is 0 Å². The number of hydrogen-bond donors (Lipinski definition) is 0. The molecule has 0 saturated heterocycles. The van der Waals surface area contributed by atoms with Crippen LogP contribution in [-0.4, -0.2) is 32.1 Å². The first-order valence-corrected chi connectivity index (χ1v) is 8.55. The van der Waals surface area contributed by atoms with Crippen molar-refractivity contribution in [2.75, 3.05) is 14.2 Å². The summed E-state index contributed by atoms with van der Waals surface area (Å²) in [5, 5.41) is 0. The van der Waals surface area contributed by atoms with Crippen molar-refractivity contribution in [2.45, 2.75) is 71.0 Å². The molecule has 0 heterocycles. The third-order valence-corrected chi connectivity index (χ3v) is 3.80. The Morgan fingerprint density at radius 3 is 2.26 bits per heavy atom. The molecular weight excluding hydrogens is 292 g/mol. The maximum Gasteiger partial charge on any atom is 0.187 e. The van der Waals surface area contributed by atoms with Crippen LogP contribution in [0.25, 0.3) is 0 Å². The number of carbonyl (C=O) groups is 2. The molecule has 4 heteroatoms. The maximum atomic E-state index is 12.3. The molecule has 0 aromatic carbocycles. The molecule has 4 nitrogen and oxygen atoms in total. The fraction of sp³-hybridized carbons (Fsp3) is 0.684. The van der Waals surface area contributed by atoms with E-state index in [0.717, 1.165) is 25.5 Å². The van der Waals surface area contributed by atoms with Crippen molar-refractivity contribution in [3.05, 3.63) is 23.8 Å². The van der Waals surface area contributed by atoms with Crippen molar-refractivity contribution < 1.29 is 19.1 Å². The summed E-state index contributed by atoms with van der Waals surface area (Å²) < 4.78 is 10.9. The van der Waals surface area contributed by atoms with E-state index in [9.17, 15) is 9.59 Å². The standard InChI is InChI=1S/C19H32O4/c1-5-7-8-9-10-11-12-18(21)17(13-15-20)16-19(22-3,23-4)14-6-2/h11-12,15-16H,5-10,13-14H2,1-4H3. The third-order valence-electron chi connectivity index (χ3n) is 3.80. The number of rotatable bonds is 14. The van der Waals surface area contributed by atoms with E-state index in [1.165, 1.54) is 19.3 Å². The molecule has 0 atom stereocenters. The van der Waals surface area contributed by atoms with Gasteiger partial charge in [0.15, 0.2) is 11.6 Å². The summed E-state index contributed by atoms with van der Waals surface area (Å²) in [5.41, 5.74) is 0.418. The van der Waals surface area contributed by atoms with Gasteiger partial charge < -0.3 is 14.3 Å². The van der Waals surface area contributed by atoms with E-state index < -0.39 is 5.79 Å². The molecule has 0 aromatic rings. The Morgan fingerprint density at radius 2 is 1.74 bits per heavy atom. The van der Waals surface area contributed by atoms with Gasteiger partial charge in [0.1, 0.15) is 6.29 Å². The Labute approximate surface area is 140 Å². The summed E-state index contributed by atoms with van der Waals surface area (Å²) in [6.45, 7) is 4.18. The first-order chi connectivity index (χ1) is 11.1. The van der Waals surface area contributed by atoms with Gasteiger partial charge in [-0.3, -0.25) is 4.79 Å². The van der Waals surface area contributed by atoms with Crippen molar-refractivity contribution in [1.82, 2.24) is 0 Å². The van der Waals surface area contributed by atoms with Crippen molar-refractivity contribution in [1.29, 1.82) is 0 Å². The smallest absolute Gasteiger partial charge is 0.187 e. The Bertz CT molecular complexity index is 392. The fourth-order valence-corrected chi connectivity index (χ4v) is 2.40. The number of ketones is 1. The van der Waals surface area contributed by atoms with Crippen molar-refractivity contribution >= 4 is 12.1 Å². The average molecular weight is 324 g/mol. The number of unbranched alkanes of at least 4 members (excludes halogenated alkanes) is 4. The largest absolute Gasteiger partial charge is 0.350 e. The molecule has 0 amide bonds. The minimum atomic E-state index is -0.947. The van der Waals surface area contributed by atoms with Crippen LogP contribution >= 0.6 is 0 Å². The lowest BCUT2D eigenvalue weighted by Crippen LogP contribution is -2.32.